The summed E-state index contributed by atoms with van der Waals surface area (Å²) in [6.45, 7) is 4.68. The van der Waals surface area contributed by atoms with Gasteiger partial charge in [-0.05, 0) is 31.0 Å². The molecule has 1 atom stereocenters. The van der Waals surface area contributed by atoms with Gasteiger partial charge in [0.15, 0.2) is 0 Å². The fourth-order valence-corrected chi connectivity index (χ4v) is 2.80. The highest BCUT2D eigenvalue weighted by molar-refractivity contribution is 5.73. The highest BCUT2D eigenvalue weighted by Gasteiger charge is 2.33. The standard InChI is InChI=1S/C15H17FN4O2/c1-9-5-11(3-4-12(9)16)6-19-8-14-18-17-10(2)20(14)7-13(19)15(21)22/h3-5,13H,6-8H2,1-2H3,(H,21,22). The molecule has 0 fully saturated rings. The Labute approximate surface area is 127 Å². The number of aliphatic carboxylic acids is 1. The maximum atomic E-state index is 13.4. The molecule has 1 aromatic carbocycles. The molecule has 0 saturated carbocycles. The Kier molecular flexibility index (Phi) is 3.66. The molecule has 7 heteroatoms. The fraction of sp³-hybridized carbons (Fsp3) is 0.400. The fourth-order valence-electron chi connectivity index (χ4n) is 2.80. The number of carboxylic acids is 1. The normalized spacial score (nSPS) is 18.2. The lowest BCUT2D eigenvalue weighted by atomic mass is 10.1. The molecule has 0 amide bonds. The first-order valence-corrected chi connectivity index (χ1v) is 7.06. The summed E-state index contributed by atoms with van der Waals surface area (Å²) < 4.78 is 15.2. The van der Waals surface area contributed by atoms with Crippen molar-refractivity contribution < 1.29 is 14.3 Å². The number of fused-ring (bicyclic) bond motifs is 1. The number of aromatic nitrogens is 3. The van der Waals surface area contributed by atoms with Crippen molar-refractivity contribution in [3.8, 4) is 0 Å². The Balaban J connectivity index is 1.87. The van der Waals surface area contributed by atoms with Gasteiger partial charge in [0, 0.05) is 6.54 Å². The summed E-state index contributed by atoms with van der Waals surface area (Å²) in [5.74, 6) is 0.345. The topological polar surface area (TPSA) is 71.2 Å². The molecule has 1 unspecified atom stereocenters. The van der Waals surface area contributed by atoms with Crippen molar-refractivity contribution in [3.63, 3.8) is 0 Å². The summed E-state index contributed by atoms with van der Waals surface area (Å²) in [4.78, 5) is 13.4. The first-order valence-electron chi connectivity index (χ1n) is 7.06. The van der Waals surface area contributed by atoms with E-state index in [0.717, 1.165) is 17.2 Å². The molecule has 6 nitrogen and oxygen atoms in total. The molecule has 0 saturated heterocycles. The summed E-state index contributed by atoms with van der Waals surface area (Å²) in [6, 6.07) is 4.20. The van der Waals surface area contributed by atoms with E-state index in [9.17, 15) is 14.3 Å². The average molecular weight is 304 g/mol. The van der Waals surface area contributed by atoms with E-state index < -0.39 is 12.0 Å². The van der Waals surface area contributed by atoms with Crippen molar-refractivity contribution in [2.75, 3.05) is 0 Å². The number of halogens is 1. The number of carboxylic acid groups (broad SMARTS) is 1. The van der Waals surface area contributed by atoms with Gasteiger partial charge in [0.05, 0.1) is 13.1 Å². The van der Waals surface area contributed by atoms with E-state index in [0.29, 0.717) is 25.2 Å². The van der Waals surface area contributed by atoms with Crippen LogP contribution in [-0.4, -0.2) is 36.8 Å². The van der Waals surface area contributed by atoms with Crippen LogP contribution in [0.2, 0.25) is 0 Å². The first-order chi connectivity index (χ1) is 10.5. The highest BCUT2D eigenvalue weighted by Crippen LogP contribution is 2.21. The van der Waals surface area contributed by atoms with E-state index in [4.69, 9.17) is 0 Å². The molecule has 116 valence electrons. The second-order valence-electron chi connectivity index (χ2n) is 5.62. The van der Waals surface area contributed by atoms with E-state index in [1.165, 1.54) is 6.07 Å². The molecule has 1 aliphatic rings. The second kappa shape index (κ2) is 5.49. The molecule has 0 radical (unpaired) electrons. The minimum Gasteiger partial charge on any atom is -0.480 e. The van der Waals surface area contributed by atoms with E-state index in [-0.39, 0.29) is 5.82 Å². The molecule has 0 spiro atoms. The van der Waals surface area contributed by atoms with Crippen molar-refractivity contribution >= 4 is 5.97 Å². The number of aryl methyl sites for hydroxylation is 2. The summed E-state index contributed by atoms with van der Waals surface area (Å²) in [6.07, 6.45) is 0. The average Bonchev–Trinajstić information content (AvgIpc) is 2.83. The molecule has 1 aliphatic heterocycles. The van der Waals surface area contributed by atoms with Gasteiger partial charge in [0.1, 0.15) is 23.5 Å². The lowest BCUT2D eigenvalue weighted by Gasteiger charge is -2.33. The molecule has 1 N–H and O–H groups in total. The molecule has 1 aromatic heterocycles. The van der Waals surface area contributed by atoms with Crippen LogP contribution >= 0.6 is 0 Å². The number of hydrogen-bond donors (Lipinski definition) is 1. The molecular weight excluding hydrogens is 287 g/mol. The maximum Gasteiger partial charge on any atom is 0.322 e. The van der Waals surface area contributed by atoms with E-state index >= 15 is 0 Å². The van der Waals surface area contributed by atoms with Gasteiger partial charge in [-0.1, -0.05) is 12.1 Å². The van der Waals surface area contributed by atoms with Crippen molar-refractivity contribution in [1.82, 2.24) is 19.7 Å². The van der Waals surface area contributed by atoms with Crippen molar-refractivity contribution in [2.24, 2.45) is 0 Å². The highest BCUT2D eigenvalue weighted by atomic mass is 19.1. The lowest BCUT2D eigenvalue weighted by molar-refractivity contribution is -0.145. The van der Waals surface area contributed by atoms with Crippen LogP contribution in [0.15, 0.2) is 18.2 Å². The molecule has 0 bridgehead atoms. The zero-order valence-corrected chi connectivity index (χ0v) is 12.5. The van der Waals surface area contributed by atoms with Crippen LogP contribution in [0.5, 0.6) is 0 Å². The van der Waals surface area contributed by atoms with Gasteiger partial charge < -0.3 is 9.67 Å². The summed E-state index contributed by atoms with van der Waals surface area (Å²) in [7, 11) is 0. The van der Waals surface area contributed by atoms with Crippen LogP contribution in [0.25, 0.3) is 0 Å². The monoisotopic (exact) mass is 304 g/mol. The Bertz CT molecular complexity index is 728. The van der Waals surface area contributed by atoms with E-state index in [1.807, 2.05) is 16.4 Å². The maximum absolute atomic E-state index is 13.4. The largest absolute Gasteiger partial charge is 0.480 e. The van der Waals surface area contributed by atoms with Gasteiger partial charge in [-0.3, -0.25) is 9.69 Å². The molecule has 2 heterocycles. The van der Waals surface area contributed by atoms with Crippen LogP contribution in [0.4, 0.5) is 4.39 Å². The van der Waals surface area contributed by atoms with Crippen LogP contribution < -0.4 is 0 Å². The number of rotatable bonds is 3. The van der Waals surface area contributed by atoms with Gasteiger partial charge >= 0.3 is 5.97 Å². The number of hydrogen-bond acceptors (Lipinski definition) is 4. The van der Waals surface area contributed by atoms with E-state index in [1.54, 1.807) is 19.1 Å². The summed E-state index contributed by atoms with van der Waals surface area (Å²) in [5.41, 5.74) is 1.44. The summed E-state index contributed by atoms with van der Waals surface area (Å²) >= 11 is 0. The smallest absolute Gasteiger partial charge is 0.322 e. The second-order valence-corrected chi connectivity index (χ2v) is 5.62. The quantitative estimate of drug-likeness (QED) is 0.930. The van der Waals surface area contributed by atoms with Gasteiger partial charge in [-0.2, -0.15) is 0 Å². The third kappa shape index (κ3) is 2.59. The van der Waals surface area contributed by atoms with Crippen LogP contribution in [0, 0.1) is 19.7 Å². The van der Waals surface area contributed by atoms with Crippen molar-refractivity contribution in [3.05, 3.63) is 46.8 Å². The molecule has 2 aromatic rings. The number of nitrogens with zero attached hydrogens (tertiary/aromatic N) is 4. The van der Waals surface area contributed by atoms with Crippen LogP contribution in [0.3, 0.4) is 0 Å². The first kappa shape index (κ1) is 14.6. The molecule has 0 aliphatic carbocycles. The Morgan fingerprint density at radius 1 is 1.41 bits per heavy atom. The molecule has 22 heavy (non-hydrogen) atoms. The minimum atomic E-state index is -0.877. The Hall–Kier alpha value is -2.28. The Morgan fingerprint density at radius 2 is 2.18 bits per heavy atom. The van der Waals surface area contributed by atoms with Crippen LogP contribution in [-0.2, 0) is 24.4 Å². The zero-order valence-electron chi connectivity index (χ0n) is 12.5. The van der Waals surface area contributed by atoms with Gasteiger partial charge in [0.25, 0.3) is 0 Å². The van der Waals surface area contributed by atoms with Crippen LogP contribution in [0.1, 0.15) is 22.8 Å². The van der Waals surface area contributed by atoms with Gasteiger partial charge in [-0.25, -0.2) is 4.39 Å². The molecular formula is C15H17FN4O2. The van der Waals surface area contributed by atoms with Gasteiger partial charge in [0.2, 0.25) is 0 Å². The Morgan fingerprint density at radius 3 is 2.86 bits per heavy atom. The summed E-state index contributed by atoms with van der Waals surface area (Å²) in [5, 5.41) is 17.6. The minimum absolute atomic E-state index is 0.257. The lowest BCUT2D eigenvalue weighted by Crippen LogP contribution is -2.47. The SMILES string of the molecule is Cc1cc(CN2Cc3nnc(C)n3CC2C(=O)O)ccc1F. The number of carbonyl (C=O) groups is 1. The van der Waals surface area contributed by atoms with Crippen molar-refractivity contribution in [2.45, 2.75) is 39.5 Å². The zero-order chi connectivity index (χ0) is 15.9. The van der Waals surface area contributed by atoms with E-state index in [2.05, 4.69) is 10.2 Å². The van der Waals surface area contributed by atoms with Crippen molar-refractivity contribution in [1.29, 1.82) is 0 Å². The molecule has 3 rings (SSSR count). The predicted octanol–water partition coefficient (Wildman–Crippen LogP) is 1.50. The van der Waals surface area contributed by atoms with Gasteiger partial charge in [-0.15, -0.1) is 10.2 Å². The third-order valence-electron chi connectivity index (χ3n) is 4.05. The number of benzene rings is 1. The third-order valence-corrected chi connectivity index (χ3v) is 4.05. The predicted molar refractivity (Wildman–Crippen MR) is 76.6 cm³/mol.